The first-order valence-electron chi connectivity index (χ1n) is 9.25. The lowest BCUT2D eigenvalue weighted by Crippen LogP contribution is -2.46. The number of phenolic OH excluding ortho intramolecular Hbond substituents is 1. The maximum Gasteiger partial charge on any atom is 0.118 e. The van der Waals surface area contributed by atoms with Crippen molar-refractivity contribution in [2.45, 2.75) is 71.5 Å². The van der Waals surface area contributed by atoms with Crippen LogP contribution in [0.25, 0.3) is 10.8 Å². The third-order valence-electron chi connectivity index (χ3n) is 5.57. The van der Waals surface area contributed by atoms with Gasteiger partial charge in [0.05, 0.1) is 8.07 Å². The van der Waals surface area contributed by atoms with Gasteiger partial charge in [-0.1, -0.05) is 95.9 Å². The van der Waals surface area contributed by atoms with E-state index in [4.69, 9.17) is 0 Å². The molecule has 2 aromatic rings. The molecule has 0 aliphatic heterocycles. The lowest BCUT2D eigenvalue weighted by Gasteiger charge is -2.32. The van der Waals surface area contributed by atoms with Crippen LogP contribution in [-0.2, 0) is 0 Å². The fraction of sp³-hybridized carbons (Fsp3) is 0.524. The molecule has 0 saturated heterocycles. The summed E-state index contributed by atoms with van der Waals surface area (Å²) in [6, 6.07) is 14.6. The summed E-state index contributed by atoms with van der Waals surface area (Å²) < 4.78 is 0. The third kappa shape index (κ3) is 3.33. The molecule has 1 nitrogen and oxygen atoms in total. The van der Waals surface area contributed by atoms with Crippen LogP contribution in [0.15, 0.2) is 30.3 Å². The molecule has 0 spiro atoms. The van der Waals surface area contributed by atoms with Crippen LogP contribution < -0.4 is 5.19 Å². The molecule has 1 N–H and O–H groups in total. The van der Waals surface area contributed by atoms with Gasteiger partial charge in [0.15, 0.2) is 0 Å². The van der Waals surface area contributed by atoms with Crippen LogP contribution in [0, 0.1) is 0 Å². The number of rotatable bonds is 7. The molecule has 0 unspecified atom stereocenters. The van der Waals surface area contributed by atoms with Gasteiger partial charge in [0, 0.05) is 5.56 Å². The number of fused-ring (bicyclic) bond motifs is 1. The van der Waals surface area contributed by atoms with Gasteiger partial charge >= 0.3 is 0 Å². The van der Waals surface area contributed by atoms with Gasteiger partial charge in [-0.3, -0.25) is 0 Å². The Morgan fingerprint density at radius 3 is 2.26 bits per heavy atom. The molecule has 0 radical (unpaired) electrons. The third-order valence-corrected chi connectivity index (χ3v) is 11.1. The molecule has 0 atom stereocenters. The summed E-state index contributed by atoms with van der Waals surface area (Å²) in [4.78, 5) is 0. The van der Waals surface area contributed by atoms with Crippen molar-refractivity contribution in [1.29, 1.82) is 0 Å². The minimum Gasteiger partial charge on any atom is -0.508 e. The number of hydrogen-bond donors (Lipinski definition) is 1. The molecule has 2 rings (SSSR count). The number of hydrogen-bond acceptors (Lipinski definition) is 1. The lowest BCUT2D eigenvalue weighted by molar-refractivity contribution is 0.470. The van der Waals surface area contributed by atoms with Crippen molar-refractivity contribution in [3.8, 4) is 5.75 Å². The fourth-order valence-electron chi connectivity index (χ4n) is 3.99. The van der Waals surface area contributed by atoms with Gasteiger partial charge in [0.25, 0.3) is 0 Å². The summed E-state index contributed by atoms with van der Waals surface area (Å²) >= 11 is 0. The minimum atomic E-state index is -1.63. The topological polar surface area (TPSA) is 20.2 Å². The zero-order valence-electron chi connectivity index (χ0n) is 15.4. The van der Waals surface area contributed by atoms with E-state index >= 15 is 0 Å². The lowest BCUT2D eigenvalue weighted by atomic mass is 9.95. The summed E-state index contributed by atoms with van der Waals surface area (Å²) in [6.45, 7) is 11.3. The van der Waals surface area contributed by atoms with Crippen molar-refractivity contribution in [3.63, 3.8) is 0 Å². The number of unbranched alkanes of at least 4 members (excludes halogenated alkanes) is 1. The standard InChI is InChI=1S/C21H32OSi/c1-6-9-14-23(7-2,8-3)19-15-17-12-10-11-13-18(17)20(16(4)5)21(19)22/h10-13,15-16,22H,6-9,14H2,1-5H3. The fourth-order valence-corrected chi connectivity index (χ4v) is 8.35. The van der Waals surface area contributed by atoms with Crippen LogP contribution in [0.3, 0.4) is 0 Å². The molecule has 23 heavy (non-hydrogen) atoms. The number of phenols is 1. The summed E-state index contributed by atoms with van der Waals surface area (Å²) in [6.07, 6.45) is 2.51. The first kappa shape index (κ1) is 18.1. The Kier molecular flexibility index (Phi) is 5.91. The highest BCUT2D eigenvalue weighted by Gasteiger charge is 2.34. The quantitative estimate of drug-likeness (QED) is 0.603. The van der Waals surface area contributed by atoms with Gasteiger partial charge < -0.3 is 5.11 Å². The smallest absolute Gasteiger partial charge is 0.118 e. The van der Waals surface area contributed by atoms with Crippen molar-refractivity contribution in [3.05, 3.63) is 35.9 Å². The van der Waals surface area contributed by atoms with Crippen molar-refractivity contribution < 1.29 is 5.11 Å². The Labute approximate surface area is 142 Å². The molecule has 2 aromatic carbocycles. The zero-order valence-corrected chi connectivity index (χ0v) is 16.4. The summed E-state index contributed by atoms with van der Waals surface area (Å²) in [5.74, 6) is 0.941. The van der Waals surface area contributed by atoms with Crippen molar-refractivity contribution in [2.24, 2.45) is 0 Å². The van der Waals surface area contributed by atoms with Crippen LogP contribution >= 0.6 is 0 Å². The Bertz CT molecular complexity index is 656. The second-order valence-electron chi connectivity index (χ2n) is 7.15. The van der Waals surface area contributed by atoms with Crippen LogP contribution in [0.2, 0.25) is 18.1 Å². The van der Waals surface area contributed by atoms with Gasteiger partial charge in [-0.05, 0) is 21.9 Å². The van der Waals surface area contributed by atoms with E-state index < -0.39 is 8.07 Å². The largest absolute Gasteiger partial charge is 0.508 e. The normalized spacial score (nSPS) is 12.3. The SMILES string of the molecule is CCCC[Si](CC)(CC)c1cc2ccccc2c(C(C)C)c1O. The van der Waals surface area contributed by atoms with E-state index in [0.717, 1.165) is 5.56 Å². The molecule has 126 valence electrons. The molecular weight excluding hydrogens is 296 g/mol. The molecule has 0 aliphatic rings. The van der Waals surface area contributed by atoms with Crippen LogP contribution in [0.4, 0.5) is 0 Å². The van der Waals surface area contributed by atoms with Crippen molar-refractivity contribution in [1.82, 2.24) is 0 Å². The highest BCUT2D eigenvalue weighted by atomic mass is 28.3. The summed E-state index contributed by atoms with van der Waals surface area (Å²) in [5.41, 5.74) is 1.15. The van der Waals surface area contributed by atoms with Gasteiger partial charge in [-0.25, -0.2) is 0 Å². The minimum absolute atomic E-state index is 0.339. The van der Waals surface area contributed by atoms with E-state index in [9.17, 15) is 5.11 Å². The Morgan fingerprint density at radius 1 is 1.04 bits per heavy atom. The Balaban J connectivity index is 2.75. The first-order valence-corrected chi connectivity index (χ1v) is 11.9. The summed E-state index contributed by atoms with van der Waals surface area (Å²) in [5, 5.41) is 15.0. The van der Waals surface area contributed by atoms with Crippen molar-refractivity contribution in [2.75, 3.05) is 0 Å². The van der Waals surface area contributed by atoms with E-state index in [1.165, 1.54) is 46.9 Å². The molecule has 0 aliphatic carbocycles. The predicted molar refractivity (Wildman–Crippen MR) is 106 cm³/mol. The summed E-state index contributed by atoms with van der Waals surface area (Å²) in [7, 11) is -1.63. The second-order valence-corrected chi connectivity index (χ2v) is 12.2. The highest BCUT2D eigenvalue weighted by molar-refractivity contribution is 6.92. The average molecular weight is 329 g/mol. The first-order chi connectivity index (χ1) is 11.0. The maximum absolute atomic E-state index is 11.2. The molecular formula is C21H32OSi. The molecule has 0 heterocycles. The highest BCUT2D eigenvalue weighted by Crippen LogP contribution is 2.36. The predicted octanol–water partition coefficient (Wildman–Crippen LogP) is 6.16. The van der Waals surface area contributed by atoms with E-state index in [1.54, 1.807) is 0 Å². The zero-order chi connectivity index (χ0) is 17.0. The molecule has 0 bridgehead atoms. The molecule has 0 aromatic heterocycles. The van der Waals surface area contributed by atoms with Crippen molar-refractivity contribution >= 4 is 24.0 Å². The number of benzene rings is 2. The van der Waals surface area contributed by atoms with Crippen LogP contribution in [-0.4, -0.2) is 13.2 Å². The molecule has 0 amide bonds. The Hall–Kier alpha value is -1.28. The maximum atomic E-state index is 11.2. The monoisotopic (exact) mass is 328 g/mol. The van der Waals surface area contributed by atoms with E-state index in [-0.39, 0.29) is 0 Å². The molecule has 0 saturated carbocycles. The van der Waals surface area contributed by atoms with Crippen LogP contribution in [0.1, 0.15) is 58.9 Å². The van der Waals surface area contributed by atoms with E-state index in [1.807, 2.05) is 0 Å². The van der Waals surface area contributed by atoms with E-state index in [2.05, 4.69) is 65.0 Å². The van der Waals surface area contributed by atoms with Gasteiger partial charge in [0.1, 0.15) is 5.75 Å². The average Bonchev–Trinajstić information content (AvgIpc) is 2.56. The Morgan fingerprint density at radius 2 is 1.70 bits per heavy atom. The van der Waals surface area contributed by atoms with E-state index in [0.29, 0.717) is 11.7 Å². The van der Waals surface area contributed by atoms with Crippen LogP contribution in [0.5, 0.6) is 5.75 Å². The molecule has 2 heteroatoms. The van der Waals surface area contributed by atoms with Gasteiger partial charge in [-0.15, -0.1) is 0 Å². The molecule has 0 fully saturated rings. The second kappa shape index (κ2) is 7.52. The number of aromatic hydroxyl groups is 1. The van der Waals surface area contributed by atoms with Gasteiger partial charge in [0.2, 0.25) is 0 Å². The van der Waals surface area contributed by atoms with Gasteiger partial charge in [-0.2, -0.15) is 0 Å².